The molecule has 0 spiro atoms. The molecule has 1 aliphatic heterocycles. The van der Waals surface area contributed by atoms with E-state index in [1.54, 1.807) is 0 Å². The number of para-hydroxylation sites is 1. The molecule has 2 heterocycles. The number of hydrogen-bond donors (Lipinski definition) is 4. The largest absolute Gasteiger partial charge is 0.481 e. The summed E-state index contributed by atoms with van der Waals surface area (Å²) >= 11 is 3.06. The van der Waals surface area contributed by atoms with Gasteiger partial charge in [0.2, 0.25) is 11.5 Å². The smallest absolute Gasteiger partial charge is 0.305 e. The second-order valence-corrected chi connectivity index (χ2v) is 11.4. The molecule has 0 aliphatic carbocycles. The number of halogens is 1. The van der Waals surface area contributed by atoms with E-state index in [1.165, 1.54) is 0 Å². The first kappa shape index (κ1) is 31.0. The molecule has 0 radical (unpaired) electrons. The van der Waals surface area contributed by atoms with Crippen LogP contribution in [-0.4, -0.2) is 62.4 Å². The standard InChI is InChI=1S/C31H35BrN4O6/c1-19(2)29(35-27(38)13-12-21-18-33-23-11-7-6-10-22(21)23)25-16-31(42-36-25,15-20-8-4-3-5-9-20)30(41)34-24(14-28(39)40)26(37)17-32/h3-11,18-19,24,29,33H,12-17H2,1-2H3,(H,34,41)(H,35,38)(H,39,40)/t24-,29?,31?/m0/s1. The molecular formula is C31H35BrN4O6. The van der Waals surface area contributed by atoms with E-state index in [9.17, 15) is 24.3 Å². The van der Waals surface area contributed by atoms with Gasteiger partial charge in [-0.15, -0.1) is 0 Å². The highest BCUT2D eigenvalue weighted by Crippen LogP contribution is 2.31. The molecule has 3 aromatic rings. The van der Waals surface area contributed by atoms with E-state index in [2.05, 4.69) is 36.7 Å². The molecule has 0 saturated carbocycles. The minimum Gasteiger partial charge on any atom is -0.481 e. The van der Waals surface area contributed by atoms with E-state index in [-0.39, 0.29) is 36.4 Å². The topological polar surface area (TPSA) is 150 Å². The first-order valence-electron chi connectivity index (χ1n) is 13.9. The van der Waals surface area contributed by atoms with E-state index < -0.39 is 41.8 Å². The van der Waals surface area contributed by atoms with Crippen molar-refractivity contribution in [3.63, 3.8) is 0 Å². The highest BCUT2D eigenvalue weighted by molar-refractivity contribution is 9.09. The molecule has 2 aromatic carbocycles. The van der Waals surface area contributed by atoms with Gasteiger partial charge in [-0.25, -0.2) is 0 Å². The fraction of sp³-hybridized carbons (Fsp3) is 0.387. The zero-order valence-corrected chi connectivity index (χ0v) is 25.1. The van der Waals surface area contributed by atoms with Gasteiger partial charge in [-0.05, 0) is 29.5 Å². The molecule has 10 nitrogen and oxygen atoms in total. The first-order chi connectivity index (χ1) is 20.1. The number of aromatic nitrogens is 1. The number of fused-ring (bicyclic) bond motifs is 1. The van der Waals surface area contributed by atoms with Crippen molar-refractivity contribution in [3.05, 3.63) is 71.9 Å². The molecule has 2 unspecified atom stereocenters. The predicted octanol–water partition coefficient (Wildman–Crippen LogP) is 3.92. The van der Waals surface area contributed by atoms with Crippen molar-refractivity contribution in [2.45, 2.75) is 63.6 Å². The van der Waals surface area contributed by atoms with Gasteiger partial charge in [-0.3, -0.25) is 19.2 Å². The van der Waals surface area contributed by atoms with Crippen LogP contribution in [0.3, 0.4) is 0 Å². The van der Waals surface area contributed by atoms with Crippen LogP contribution in [0.2, 0.25) is 0 Å². The molecular weight excluding hydrogens is 604 g/mol. The van der Waals surface area contributed by atoms with Crippen LogP contribution in [0.4, 0.5) is 0 Å². The molecule has 11 heteroatoms. The van der Waals surface area contributed by atoms with Gasteiger partial charge < -0.3 is 25.6 Å². The second-order valence-electron chi connectivity index (χ2n) is 10.9. The normalized spacial score (nSPS) is 17.8. The number of rotatable bonds is 14. The lowest BCUT2D eigenvalue weighted by Gasteiger charge is -2.29. The second kappa shape index (κ2) is 13.8. The Bertz CT molecular complexity index is 1470. The maximum absolute atomic E-state index is 13.7. The number of Topliss-reactive ketones (excluding diaryl/α,β-unsaturated/α-hetero) is 1. The Labute approximate surface area is 252 Å². The number of carboxylic acid groups (broad SMARTS) is 1. The third-order valence-corrected chi connectivity index (χ3v) is 7.95. The van der Waals surface area contributed by atoms with Crippen molar-refractivity contribution in [1.82, 2.24) is 15.6 Å². The molecule has 1 aliphatic rings. The number of carbonyl (C=O) groups excluding carboxylic acids is 3. The number of oxime groups is 1. The number of amides is 2. The fourth-order valence-corrected chi connectivity index (χ4v) is 5.55. The number of benzene rings is 2. The van der Waals surface area contributed by atoms with E-state index in [4.69, 9.17) is 4.84 Å². The Morgan fingerprint density at radius 2 is 1.79 bits per heavy atom. The van der Waals surface area contributed by atoms with Gasteiger partial charge in [-0.2, -0.15) is 0 Å². The zero-order valence-electron chi connectivity index (χ0n) is 23.6. The third kappa shape index (κ3) is 7.44. The Kier molecular flexibility index (Phi) is 10.2. The molecule has 0 fully saturated rings. The summed E-state index contributed by atoms with van der Waals surface area (Å²) in [5, 5.41) is 20.2. The Morgan fingerprint density at radius 1 is 1.07 bits per heavy atom. The Balaban J connectivity index is 1.50. The number of nitrogens with zero attached hydrogens (tertiary/aromatic N) is 1. The molecule has 222 valence electrons. The predicted molar refractivity (Wildman–Crippen MR) is 162 cm³/mol. The summed E-state index contributed by atoms with van der Waals surface area (Å²) in [6, 6.07) is 15.4. The summed E-state index contributed by atoms with van der Waals surface area (Å²) in [6.45, 7) is 3.89. The highest BCUT2D eigenvalue weighted by Gasteiger charge is 2.49. The van der Waals surface area contributed by atoms with Crippen LogP contribution < -0.4 is 10.6 Å². The van der Waals surface area contributed by atoms with Crippen molar-refractivity contribution in [2.75, 3.05) is 5.33 Å². The molecule has 42 heavy (non-hydrogen) atoms. The van der Waals surface area contributed by atoms with Crippen molar-refractivity contribution < 1.29 is 29.1 Å². The minimum absolute atomic E-state index is 0.0571. The monoisotopic (exact) mass is 638 g/mol. The van der Waals surface area contributed by atoms with Crippen molar-refractivity contribution in [2.24, 2.45) is 11.1 Å². The van der Waals surface area contributed by atoms with Crippen LogP contribution in [0.15, 0.2) is 65.9 Å². The molecule has 4 rings (SSSR count). The van der Waals surface area contributed by atoms with Gasteiger partial charge in [0.1, 0.15) is 0 Å². The van der Waals surface area contributed by atoms with Crippen molar-refractivity contribution >= 4 is 56.1 Å². The van der Waals surface area contributed by atoms with Gasteiger partial charge in [-0.1, -0.05) is 83.5 Å². The average molecular weight is 640 g/mol. The summed E-state index contributed by atoms with van der Waals surface area (Å²) in [4.78, 5) is 59.7. The lowest BCUT2D eigenvalue weighted by atomic mass is 9.84. The number of nitrogens with one attached hydrogen (secondary N) is 3. The van der Waals surface area contributed by atoms with Gasteiger partial charge in [0, 0.05) is 36.4 Å². The number of carboxylic acids is 1. The van der Waals surface area contributed by atoms with E-state index in [1.807, 2.05) is 74.6 Å². The number of carbonyl (C=O) groups is 4. The summed E-state index contributed by atoms with van der Waals surface area (Å²) in [6.07, 6.45) is 2.36. The van der Waals surface area contributed by atoms with Crippen molar-refractivity contribution in [3.8, 4) is 0 Å². The van der Waals surface area contributed by atoms with Crippen LogP contribution in [0.1, 0.15) is 44.2 Å². The summed E-state index contributed by atoms with van der Waals surface area (Å²) < 4.78 is 0. The Hall–Kier alpha value is -3.99. The average Bonchev–Trinajstić information content (AvgIpc) is 3.59. The lowest BCUT2D eigenvalue weighted by molar-refractivity contribution is -0.147. The summed E-state index contributed by atoms with van der Waals surface area (Å²) in [5.74, 6) is -2.54. The Morgan fingerprint density at radius 3 is 2.48 bits per heavy atom. The number of alkyl halides is 1. The quantitative estimate of drug-likeness (QED) is 0.197. The van der Waals surface area contributed by atoms with E-state index in [0.29, 0.717) is 12.1 Å². The van der Waals surface area contributed by atoms with Gasteiger partial charge >= 0.3 is 5.97 Å². The molecule has 3 atom stereocenters. The fourth-order valence-electron chi connectivity index (χ4n) is 5.16. The van der Waals surface area contributed by atoms with E-state index >= 15 is 0 Å². The van der Waals surface area contributed by atoms with E-state index in [0.717, 1.165) is 22.0 Å². The van der Waals surface area contributed by atoms with Crippen molar-refractivity contribution in [1.29, 1.82) is 0 Å². The third-order valence-electron chi connectivity index (χ3n) is 7.39. The SMILES string of the molecule is CC(C)C(NC(=O)CCc1c[nH]c2ccccc12)C1=NOC(Cc2ccccc2)(C(=O)N[C@@H](CC(=O)O)C(=O)CBr)C1. The number of aromatic amines is 1. The van der Waals surface area contributed by atoms with Gasteiger partial charge in [0.25, 0.3) is 5.91 Å². The molecule has 0 saturated heterocycles. The lowest BCUT2D eigenvalue weighted by Crippen LogP contribution is -2.55. The number of H-pyrrole nitrogens is 1. The van der Waals surface area contributed by atoms with Gasteiger partial charge in [0.05, 0.1) is 29.5 Å². The first-order valence-corrected chi connectivity index (χ1v) is 15.0. The molecule has 1 aromatic heterocycles. The number of aliphatic carboxylic acids is 1. The molecule has 2 amide bonds. The minimum atomic E-state index is -1.53. The highest BCUT2D eigenvalue weighted by atomic mass is 79.9. The van der Waals surface area contributed by atoms with Gasteiger partial charge in [0.15, 0.2) is 5.78 Å². The number of ketones is 1. The van der Waals surface area contributed by atoms with Crippen LogP contribution in [0.5, 0.6) is 0 Å². The van der Waals surface area contributed by atoms with Crippen LogP contribution in [0.25, 0.3) is 10.9 Å². The summed E-state index contributed by atoms with van der Waals surface area (Å²) in [7, 11) is 0. The summed E-state index contributed by atoms with van der Waals surface area (Å²) in [5.41, 5.74) is 1.84. The number of aryl methyl sites for hydroxylation is 1. The molecule has 0 bridgehead atoms. The van der Waals surface area contributed by atoms with Crippen LogP contribution in [-0.2, 0) is 36.9 Å². The number of hydrogen-bond acceptors (Lipinski definition) is 6. The zero-order chi connectivity index (χ0) is 30.3. The molecule has 4 N–H and O–H groups in total. The van der Waals surface area contributed by atoms with Crippen LogP contribution >= 0.6 is 15.9 Å². The van der Waals surface area contributed by atoms with Crippen LogP contribution in [0, 0.1) is 5.92 Å². The maximum atomic E-state index is 13.7. The maximum Gasteiger partial charge on any atom is 0.305 e.